The molecule has 0 aromatic heterocycles. The zero-order valence-electron chi connectivity index (χ0n) is 8.72. The average molecular weight is 170 g/mol. The van der Waals surface area contributed by atoms with E-state index in [9.17, 15) is 0 Å². The van der Waals surface area contributed by atoms with E-state index in [0.29, 0.717) is 12.1 Å². The molecule has 0 saturated carbocycles. The summed E-state index contributed by atoms with van der Waals surface area (Å²) in [6, 6.07) is 1.15. The first-order valence-corrected chi connectivity index (χ1v) is 4.74. The van der Waals surface area contributed by atoms with Crippen molar-refractivity contribution in [1.82, 2.24) is 10.6 Å². The van der Waals surface area contributed by atoms with Gasteiger partial charge in [-0.25, -0.2) is 0 Å². The predicted molar refractivity (Wildman–Crippen MR) is 55.4 cm³/mol. The van der Waals surface area contributed by atoms with Crippen LogP contribution >= 0.6 is 0 Å². The molecule has 0 fully saturated rings. The maximum absolute atomic E-state index is 3.32. The second kappa shape index (κ2) is 7.32. The van der Waals surface area contributed by atoms with Crippen LogP contribution in [0.15, 0.2) is 12.2 Å². The summed E-state index contributed by atoms with van der Waals surface area (Å²) < 4.78 is 0. The fourth-order valence-corrected chi connectivity index (χ4v) is 0.774. The molecule has 0 heterocycles. The molecule has 0 aliphatic carbocycles. The first kappa shape index (κ1) is 11.7. The quantitative estimate of drug-likeness (QED) is 0.591. The first-order chi connectivity index (χ1) is 5.63. The van der Waals surface area contributed by atoms with E-state index in [1.54, 1.807) is 0 Å². The second-order valence-corrected chi connectivity index (χ2v) is 3.60. The van der Waals surface area contributed by atoms with Crippen molar-refractivity contribution < 1.29 is 0 Å². The highest BCUT2D eigenvalue weighted by atomic mass is 14.9. The topological polar surface area (TPSA) is 24.1 Å². The molecule has 0 radical (unpaired) electrons. The fraction of sp³-hybridized carbons (Fsp3) is 0.800. The van der Waals surface area contributed by atoms with Crippen LogP contribution in [0.2, 0.25) is 0 Å². The highest BCUT2D eigenvalue weighted by molar-refractivity contribution is 4.86. The Balaban J connectivity index is 3.15. The third kappa shape index (κ3) is 9.66. The van der Waals surface area contributed by atoms with Gasteiger partial charge in [-0.2, -0.15) is 0 Å². The summed E-state index contributed by atoms with van der Waals surface area (Å²) in [6.45, 7) is 10.6. The van der Waals surface area contributed by atoms with Gasteiger partial charge in [0, 0.05) is 25.2 Å². The molecule has 0 aromatic rings. The minimum absolute atomic E-state index is 0.577. The smallest absolute Gasteiger partial charge is 0.0137 e. The van der Waals surface area contributed by atoms with Crippen molar-refractivity contribution in [2.24, 2.45) is 0 Å². The monoisotopic (exact) mass is 170 g/mol. The van der Waals surface area contributed by atoms with E-state index in [-0.39, 0.29) is 0 Å². The average Bonchev–Trinajstić information content (AvgIpc) is 1.95. The Morgan fingerprint density at radius 3 is 1.42 bits per heavy atom. The maximum atomic E-state index is 3.32. The lowest BCUT2D eigenvalue weighted by Crippen LogP contribution is -2.24. The number of nitrogens with one attached hydrogen (secondary N) is 2. The highest BCUT2D eigenvalue weighted by Gasteiger charge is 1.87. The molecule has 72 valence electrons. The molecular weight excluding hydrogens is 148 g/mol. The fourth-order valence-electron chi connectivity index (χ4n) is 0.774. The SMILES string of the molecule is CC(C)NC/C=C/CNC(C)C. The Morgan fingerprint density at radius 1 is 0.833 bits per heavy atom. The molecule has 2 heteroatoms. The summed E-state index contributed by atoms with van der Waals surface area (Å²) in [5.74, 6) is 0. The lowest BCUT2D eigenvalue weighted by molar-refractivity contribution is 0.622. The van der Waals surface area contributed by atoms with Gasteiger partial charge in [-0.05, 0) is 0 Å². The van der Waals surface area contributed by atoms with Gasteiger partial charge in [-0.3, -0.25) is 0 Å². The van der Waals surface area contributed by atoms with E-state index in [1.807, 2.05) is 0 Å². The lowest BCUT2D eigenvalue weighted by Gasteiger charge is -2.05. The molecule has 0 atom stereocenters. The highest BCUT2D eigenvalue weighted by Crippen LogP contribution is 1.78. The number of hydrogen-bond donors (Lipinski definition) is 2. The van der Waals surface area contributed by atoms with Crippen LogP contribution in [-0.2, 0) is 0 Å². The Labute approximate surface area is 76.4 Å². The maximum Gasteiger partial charge on any atom is 0.0137 e. The van der Waals surface area contributed by atoms with E-state index in [2.05, 4.69) is 50.5 Å². The van der Waals surface area contributed by atoms with Crippen LogP contribution in [0.1, 0.15) is 27.7 Å². The number of hydrogen-bond acceptors (Lipinski definition) is 2. The minimum Gasteiger partial charge on any atom is -0.311 e. The molecule has 12 heavy (non-hydrogen) atoms. The molecule has 2 N–H and O–H groups in total. The zero-order valence-corrected chi connectivity index (χ0v) is 8.72. The van der Waals surface area contributed by atoms with Crippen molar-refractivity contribution in [2.45, 2.75) is 39.8 Å². The Morgan fingerprint density at radius 2 is 1.17 bits per heavy atom. The van der Waals surface area contributed by atoms with Gasteiger partial charge in [0.1, 0.15) is 0 Å². The molecule has 0 spiro atoms. The zero-order chi connectivity index (χ0) is 9.40. The van der Waals surface area contributed by atoms with Gasteiger partial charge in [0.15, 0.2) is 0 Å². The minimum atomic E-state index is 0.577. The molecule has 0 unspecified atom stereocenters. The summed E-state index contributed by atoms with van der Waals surface area (Å²) >= 11 is 0. The van der Waals surface area contributed by atoms with Crippen LogP contribution in [0.4, 0.5) is 0 Å². The van der Waals surface area contributed by atoms with Gasteiger partial charge in [-0.1, -0.05) is 39.8 Å². The largest absolute Gasteiger partial charge is 0.311 e. The molecule has 0 amide bonds. The number of rotatable bonds is 6. The summed E-state index contributed by atoms with van der Waals surface area (Å²) in [7, 11) is 0. The van der Waals surface area contributed by atoms with Crippen LogP contribution < -0.4 is 10.6 Å². The van der Waals surface area contributed by atoms with E-state index in [4.69, 9.17) is 0 Å². The van der Waals surface area contributed by atoms with Crippen molar-refractivity contribution in [2.75, 3.05) is 13.1 Å². The molecule has 2 nitrogen and oxygen atoms in total. The van der Waals surface area contributed by atoms with E-state index in [1.165, 1.54) is 0 Å². The lowest BCUT2D eigenvalue weighted by atomic mass is 10.3. The first-order valence-electron chi connectivity index (χ1n) is 4.74. The molecular formula is C10H22N2. The van der Waals surface area contributed by atoms with Crippen molar-refractivity contribution in [3.05, 3.63) is 12.2 Å². The standard InChI is InChI=1S/C10H22N2/c1-9(2)11-7-5-6-8-12-10(3)4/h5-6,9-12H,7-8H2,1-4H3/b6-5+. The van der Waals surface area contributed by atoms with Gasteiger partial charge in [0.2, 0.25) is 0 Å². The van der Waals surface area contributed by atoms with Gasteiger partial charge in [0.25, 0.3) is 0 Å². The normalized spacial score (nSPS) is 12.2. The third-order valence-electron chi connectivity index (χ3n) is 1.45. The van der Waals surface area contributed by atoms with Gasteiger partial charge in [-0.15, -0.1) is 0 Å². The van der Waals surface area contributed by atoms with E-state index >= 15 is 0 Å². The molecule has 0 bridgehead atoms. The van der Waals surface area contributed by atoms with Gasteiger partial charge < -0.3 is 10.6 Å². The van der Waals surface area contributed by atoms with Gasteiger partial charge in [0.05, 0.1) is 0 Å². The molecule has 0 aliphatic rings. The molecule has 0 saturated heterocycles. The van der Waals surface area contributed by atoms with E-state index in [0.717, 1.165) is 13.1 Å². The Kier molecular flexibility index (Phi) is 7.11. The molecule has 0 aliphatic heterocycles. The Hall–Kier alpha value is -0.340. The van der Waals surface area contributed by atoms with Crippen molar-refractivity contribution >= 4 is 0 Å². The van der Waals surface area contributed by atoms with Crippen LogP contribution in [0, 0.1) is 0 Å². The van der Waals surface area contributed by atoms with Crippen molar-refractivity contribution in [3.8, 4) is 0 Å². The summed E-state index contributed by atoms with van der Waals surface area (Å²) in [4.78, 5) is 0. The second-order valence-electron chi connectivity index (χ2n) is 3.60. The predicted octanol–water partition coefficient (Wildman–Crippen LogP) is 1.54. The van der Waals surface area contributed by atoms with Gasteiger partial charge >= 0.3 is 0 Å². The van der Waals surface area contributed by atoms with Crippen molar-refractivity contribution in [3.63, 3.8) is 0 Å². The summed E-state index contributed by atoms with van der Waals surface area (Å²) in [5, 5.41) is 6.64. The van der Waals surface area contributed by atoms with Crippen molar-refractivity contribution in [1.29, 1.82) is 0 Å². The van der Waals surface area contributed by atoms with Crippen LogP contribution in [0.3, 0.4) is 0 Å². The molecule has 0 rings (SSSR count). The Bertz CT molecular complexity index is 103. The molecule has 0 aromatic carbocycles. The summed E-state index contributed by atoms with van der Waals surface area (Å²) in [5.41, 5.74) is 0. The van der Waals surface area contributed by atoms with Crippen LogP contribution in [-0.4, -0.2) is 25.2 Å². The summed E-state index contributed by atoms with van der Waals surface area (Å²) in [6.07, 6.45) is 4.32. The van der Waals surface area contributed by atoms with Crippen LogP contribution in [0.25, 0.3) is 0 Å². The third-order valence-corrected chi connectivity index (χ3v) is 1.45. The van der Waals surface area contributed by atoms with E-state index < -0.39 is 0 Å². The van der Waals surface area contributed by atoms with Crippen LogP contribution in [0.5, 0.6) is 0 Å².